The minimum atomic E-state index is -0.483. The summed E-state index contributed by atoms with van der Waals surface area (Å²) < 4.78 is 5.27. The Morgan fingerprint density at radius 3 is 3.00 bits per heavy atom. The second kappa shape index (κ2) is 5.99. The van der Waals surface area contributed by atoms with Gasteiger partial charge in [-0.2, -0.15) is 0 Å². The maximum absolute atomic E-state index is 11.7. The molecule has 102 valence electrons. The van der Waals surface area contributed by atoms with Crippen molar-refractivity contribution in [3.8, 4) is 10.8 Å². The fourth-order valence-electron chi connectivity index (χ4n) is 1.50. The van der Waals surface area contributed by atoms with Crippen molar-refractivity contribution in [3.63, 3.8) is 0 Å². The summed E-state index contributed by atoms with van der Waals surface area (Å²) >= 11 is 1.49. The number of nitrogens with zero attached hydrogens (tertiary/aromatic N) is 1. The third-order valence-electron chi connectivity index (χ3n) is 2.75. The Labute approximate surface area is 115 Å². The van der Waals surface area contributed by atoms with Crippen LogP contribution in [0.5, 0.6) is 0 Å². The average Bonchev–Trinajstić information content (AvgIpc) is 3.04. The summed E-state index contributed by atoms with van der Waals surface area (Å²) in [6.45, 7) is 4.22. The van der Waals surface area contributed by atoms with E-state index >= 15 is 0 Å². The third-order valence-corrected chi connectivity index (χ3v) is 3.65. The summed E-state index contributed by atoms with van der Waals surface area (Å²) in [4.78, 5) is 16.1. The van der Waals surface area contributed by atoms with Crippen molar-refractivity contribution in [2.24, 2.45) is 11.7 Å². The highest BCUT2D eigenvalue weighted by atomic mass is 32.1. The van der Waals surface area contributed by atoms with E-state index in [1.54, 1.807) is 6.26 Å². The molecule has 2 aromatic heterocycles. The van der Waals surface area contributed by atoms with E-state index in [2.05, 4.69) is 10.3 Å². The van der Waals surface area contributed by atoms with Gasteiger partial charge in [0, 0.05) is 5.38 Å². The largest absolute Gasteiger partial charge is 0.462 e. The number of furan rings is 1. The highest BCUT2D eigenvalue weighted by molar-refractivity contribution is 7.13. The zero-order valence-electron chi connectivity index (χ0n) is 10.9. The summed E-state index contributed by atoms with van der Waals surface area (Å²) in [7, 11) is 0. The lowest BCUT2D eigenvalue weighted by Crippen LogP contribution is -2.43. The molecule has 0 spiro atoms. The topological polar surface area (TPSA) is 81.2 Å². The summed E-state index contributed by atoms with van der Waals surface area (Å²) in [5.41, 5.74) is 6.57. The van der Waals surface area contributed by atoms with Crippen molar-refractivity contribution < 1.29 is 9.21 Å². The quantitative estimate of drug-likeness (QED) is 0.877. The van der Waals surface area contributed by atoms with E-state index in [0.29, 0.717) is 6.54 Å². The number of amides is 1. The molecule has 2 rings (SSSR count). The summed E-state index contributed by atoms with van der Waals surface area (Å²) in [5.74, 6) is 0.707. The van der Waals surface area contributed by atoms with Crippen LogP contribution >= 0.6 is 11.3 Å². The Bertz CT molecular complexity index is 534. The number of carbonyl (C=O) groups excluding carboxylic acids is 1. The predicted octanol–water partition coefficient (Wildman–Crippen LogP) is 2.00. The molecule has 19 heavy (non-hydrogen) atoms. The van der Waals surface area contributed by atoms with Crippen LogP contribution in [0.15, 0.2) is 28.2 Å². The van der Waals surface area contributed by atoms with Crippen LogP contribution in [-0.4, -0.2) is 16.9 Å². The molecule has 0 saturated carbocycles. The molecule has 1 atom stereocenters. The van der Waals surface area contributed by atoms with E-state index in [9.17, 15) is 4.79 Å². The van der Waals surface area contributed by atoms with Gasteiger partial charge in [-0.15, -0.1) is 11.3 Å². The zero-order chi connectivity index (χ0) is 13.8. The molecule has 0 fully saturated rings. The maximum atomic E-state index is 11.7. The predicted molar refractivity (Wildman–Crippen MR) is 74.5 cm³/mol. The lowest BCUT2D eigenvalue weighted by atomic mass is 10.1. The molecule has 0 aromatic carbocycles. The maximum Gasteiger partial charge on any atom is 0.237 e. The van der Waals surface area contributed by atoms with Gasteiger partial charge in [0.1, 0.15) is 0 Å². The minimum Gasteiger partial charge on any atom is -0.462 e. The number of aromatic nitrogens is 1. The number of nitrogens with one attached hydrogen (secondary N) is 1. The SMILES string of the molecule is CC(C)[C@H](N)C(=O)NCc1csc(-c2ccco2)n1. The molecule has 2 aromatic rings. The summed E-state index contributed by atoms with van der Waals surface area (Å²) in [5, 5.41) is 5.50. The van der Waals surface area contributed by atoms with Crippen molar-refractivity contribution in [3.05, 3.63) is 29.5 Å². The van der Waals surface area contributed by atoms with Gasteiger partial charge >= 0.3 is 0 Å². The van der Waals surface area contributed by atoms with Crippen molar-refractivity contribution in [1.29, 1.82) is 0 Å². The van der Waals surface area contributed by atoms with Crippen molar-refractivity contribution in [2.45, 2.75) is 26.4 Å². The summed E-state index contributed by atoms with van der Waals surface area (Å²) in [6, 6.07) is 3.19. The molecule has 3 N–H and O–H groups in total. The standard InChI is InChI=1S/C13H17N3O2S/c1-8(2)11(14)12(17)15-6-9-7-19-13(16-9)10-4-3-5-18-10/h3-5,7-8,11H,6,14H2,1-2H3,(H,15,17)/t11-/m0/s1. The molecule has 2 heterocycles. The fraction of sp³-hybridized carbons (Fsp3) is 0.385. The minimum absolute atomic E-state index is 0.120. The van der Waals surface area contributed by atoms with Crippen molar-refractivity contribution in [2.75, 3.05) is 0 Å². The molecule has 5 nitrogen and oxygen atoms in total. The molecule has 1 amide bonds. The second-order valence-electron chi connectivity index (χ2n) is 4.61. The number of thiazole rings is 1. The number of hydrogen-bond acceptors (Lipinski definition) is 5. The average molecular weight is 279 g/mol. The Balaban J connectivity index is 1.92. The Kier molecular flexibility index (Phi) is 4.34. The Hall–Kier alpha value is -1.66. The van der Waals surface area contributed by atoms with Crippen LogP contribution in [0.3, 0.4) is 0 Å². The van der Waals surface area contributed by atoms with Crippen LogP contribution in [0.4, 0.5) is 0 Å². The molecule has 0 aliphatic carbocycles. The van der Waals surface area contributed by atoms with E-state index in [1.807, 2.05) is 31.4 Å². The normalized spacial score (nSPS) is 12.6. The van der Waals surface area contributed by atoms with Crippen LogP contribution in [-0.2, 0) is 11.3 Å². The van der Waals surface area contributed by atoms with Crippen LogP contribution in [0, 0.1) is 5.92 Å². The van der Waals surface area contributed by atoms with E-state index in [4.69, 9.17) is 10.2 Å². The van der Waals surface area contributed by atoms with Gasteiger partial charge in [0.15, 0.2) is 10.8 Å². The fourth-order valence-corrected chi connectivity index (χ4v) is 2.29. The molecular formula is C13H17N3O2S. The molecule has 0 saturated heterocycles. The third kappa shape index (κ3) is 3.42. The van der Waals surface area contributed by atoms with Crippen LogP contribution < -0.4 is 11.1 Å². The lowest BCUT2D eigenvalue weighted by molar-refractivity contribution is -0.123. The van der Waals surface area contributed by atoms with E-state index in [1.165, 1.54) is 11.3 Å². The van der Waals surface area contributed by atoms with Gasteiger partial charge in [0.05, 0.1) is 24.5 Å². The van der Waals surface area contributed by atoms with Gasteiger partial charge in [0.25, 0.3) is 0 Å². The first-order valence-electron chi connectivity index (χ1n) is 6.09. The molecule has 6 heteroatoms. The van der Waals surface area contributed by atoms with Gasteiger partial charge in [-0.25, -0.2) is 4.98 Å². The highest BCUT2D eigenvalue weighted by Gasteiger charge is 2.17. The number of nitrogens with two attached hydrogens (primary N) is 1. The van der Waals surface area contributed by atoms with Crippen LogP contribution in [0.1, 0.15) is 19.5 Å². The van der Waals surface area contributed by atoms with Gasteiger partial charge in [-0.05, 0) is 18.1 Å². The molecule has 0 radical (unpaired) electrons. The van der Waals surface area contributed by atoms with Crippen LogP contribution in [0.25, 0.3) is 10.8 Å². The molecule has 0 bridgehead atoms. The summed E-state index contributed by atoms with van der Waals surface area (Å²) in [6.07, 6.45) is 1.61. The van der Waals surface area contributed by atoms with Crippen molar-refractivity contribution >= 4 is 17.2 Å². The van der Waals surface area contributed by atoms with Gasteiger partial charge in [-0.1, -0.05) is 13.8 Å². The van der Waals surface area contributed by atoms with Gasteiger partial charge in [0.2, 0.25) is 5.91 Å². The molecule has 0 unspecified atom stereocenters. The lowest BCUT2D eigenvalue weighted by Gasteiger charge is -2.14. The number of hydrogen-bond donors (Lipinski definition) is 2. The Morgan fingerprint density at radius 2 is 2.37 bits per heavy atom. The van der Waals surface area contributed by atoms with Gasteiger partial charge in [-0.3, -0.25) is 4.79 Å². The first kappa shape index (κ1) is 13.8. The number of carbonyl (C=O) groups is 1. The van der Waals surface area contributed by atoms with E-state index in [-0.39, 0.29) is 11.8 Å². The smallest absolute Gasteiger partial charge is 0.237 e. The first-order chi connectivity index (χ1) is 9.08. The Morgan fingerprint density at radius 1 is 1.58 bits per heavy atom. The van der Waals surface area contributed by atoms with E-state index < -0.39 is 6.04 Å². The number of rotatable bonds is 5. The monoisotopic (exact) mass is 279 g/mol. The first-order valence-corrected chi connectivity index (χ1v) is 6.97. The van der Waals surface area contributed by atoms with Crippen LogP contribution in [0.2, 0.25) is 0 Å². The van der Waals surface area contributed by atoms with E-state index in [0.717, 1.165) is 16.5 Å². The second-order valence-corrected chi connectivity index (χ2v) is 5.47. The van der Waals surface area contributed by atoms with Crippen molar-refractivity contribution in [1.82, 2.24) is 10.3 Å². The zero-order valence-corrected chi connectivity index (χ0v) is 11.7. The molecule has 0 aliphatic heterocycles. The van der Waals surface area contributed by atoms with Gasteiger partial charge < -0.3 is 15.5 Å². The highest BCUT2D eigenvalue weighted by Crippen LogP contribution is 2.23. The molecular weight excluding hydrogens is 262 g/mol. The molecule has 0 aliphatic rings.